The number of ether oxygens (including phenoxy) is 2. The summed E-state index contributed by atoms with van der Waals surface area (Å²) in [6.45, 7) is 1.98. The van der Waals surface area contributed by atoms with Gasteiger partial charge in [0.25, 0.3) is 5.69 Å². The van der Waals surface area contributed by atoms with Crippen molar-refractivity contribution in [3.8, 4) is 5.75 Å². The van der Waals surface area contributed by atoms with E-state index in [4.69, 9.17) is 21.7 Å². The number of hydrogen-bond donors (Lipinski definition) is 2. The van der Waals surface area contributed by atoms with Crippen LogP contribution in [-0.4, -0.2) is 30.2 Å². The fourth-order valence-corrected chi connectivity index (χ4v) is 3.39. The van der Waals surface area contributed by atoms with Crippen LogP contribution in [0.3, 0.4) is 0 Å². The quantitative estimate of drug-likeness (QED) is 0.329. The number of nitrogens with one attached hydrogen (secondary N) is 2. The molecular formula is C16H17N3O5S2. The lowest BCUT2D eigenvalue weighted by molar-refractivity contribution is -0.384. The molecule has 1 aromatic carbocycles. The van der Waals surface area contributed by atoms with E-state index in [1.165, 1.54) is 43.8 Å². The van der Waals surface area contributed by atoms with Crippen molar-refractivity contribution in [2.75, 3.05) is 24.9 Å². The smallest absolute Gasteiger partial charge is 0.340 e. The van der Waals surface area contributed by atoms with Crippen LogP contribution in [-0.2, 0) is 11.2 Å². The molecule has 2 N–H and O–H groups in total. The van der Waals surface area contributed by atoms with Gasteiger partial charge in [-0.1, -0.05) is 6.92 Å². The van der Waals surface area contributed by atoms with Crippen molar-refractivity contribution in [2.24, 2.45) is 0 Å². The molecule has 0 atom stereocenters. The summed E-state index contributed by atoms with van der Waals surface area (Å²) in [6.07, 6.45) is 0.771. The highest BCUT2D eigenvalue weighted by atomic mass is 32.1. The van der Waals surface area contributed by atoms with E-state index < -0.39 is 10.9 Å². The van der Waals surface area contributed by atoms with Gasteiger partial charge in [-0.2, -0.15) is 0 Å². The van der Waals surface area contributed by atoms with Crippen LogP contribution in [0.5, 0.6) is 5.75 Å². The molecule has 0 saturated heterocycles. The molecule has 0 aliphatic carbocycles. The number of carbonyl (C=O) groups excluding carboxylic acids is 1. The zero-order valence-electron chi connectivity index (χ0n) is 14.3. The Hall–Kier alpha value is -2.72. The molecule has 26 heavy (non-hydrogen) atoms. The fraction of sp³-hybridized carbons (Fsp3) is 0.250. The van der Waals surface area contributed by atoms with Crippen LogP contribution in [0, 0.1) is 10.1 Å². The van der Waals surface area contributed by atoms with Gasteiger partial charge in [-0.15, -0.1) is 11.3 Å². The normalized spacial score (nSPS) is 10.1. The number of thiocarbonyl (C=S) groups is 1. The molecule has 138 valence electrons. The van der Waals surface area contributed by atoms with Crippen molar-refractivity contribution in [1.29, 1.82) is 0 Å². The molecule has 0 amide bonds. The number of anilines is 2. The first-order valence-corrected chi connectivity index (χ1v) is 8.73. The molecule has 0 saturated carbocycles. The predicted molar refractivity (Wildman–Crippen MR) is 105 cm³/mol. The third kappa shape index (κ3) is 4.46. The fourth-order valence-electron chi connectivity index (χ4n) is 2.12. The second kappa shape index (κ2) is 8.59. The number of nitro benzene ring substituents is 1. The molecule has 1 aromatic heterocycles. The van der Waals surface area contributed by atoms with Gasteiger partial charge in [-0.3, -0.25) is 10.1 Å². The first kappa shape index (κ1) is 19.6. The van der Waals surface area contributed by atoms with Gasteiger partial charge in [-0.25, -0.2) is 4.79 Å². The summed E-state index contributed by atoms with van der Waals surface area (Å²) in [4.78, 5) is 23.2. The number of methoxy groups -OCH3 is 2. The van der Waals surface area contributed by atoms with Crippen LogP contribution < -0.4 is 15.4 Å². The molecular weight excluding hydrogens is 378 g/mol. The van der Waals surface area contributed by atoms with Crippen LogP contribution in [0.25, 0.3) is 0 Å². The number of aryl methyl sites for hydroxylation is 1. The molecule has 0 unspecified atom stereocenters. The topological polar surface area (TPSA) is 103 Å². The summed E-state index contributed by atoms with van der Waals surface area (Å²) in [6, 6.07) is 5.89. The highest BCUT2D eigenvalue weighted by molar-refractivity contribution is 7.80. The molecule has 0 radical (unpaired) electrons. The predicted octanol–water partition coefficient (Wildman–Crippen LogP) is 3.82. The van der Waals surface area contributed by atoms with Crippen molar-refractivity contribution in [2.45, 2.75) is 13.3 Å². The van der Waals surface area contributed by atoms with E-state index >= 15 is 0 Å². The average Bonchev–Trinajstić information content (AvgIpc) is 3.03. The van der Waals surface area contributed by atoms with Crippen molar-refractivity contribution in [3.63, 3.8) is 0 Å². The second-order valence-electron chi connectivity index (χ2n) is 5.02. The third-order valence-corrected chi connectivity index (χ3v) is 4.81. The molecule has 0 aliphatic rings. The van der Waals surface area contributed by atoms with Gasteiger partial charge in [0.2, 0.25) is 0 Å². The second-order valence-corrected chi connectivity index (χ2v) is 6.57. The lowest BCUT2D eigenvalue weighted by Gasteiger charge is -2.13. The molecule has 0 spiro atoms. The standard InChI is InChI=1S/C16H17N3O5S2/c1-4-10-8-11(15(20)24-3)14(26-10)18-16(25)17-12-6-5-9(19(21)22)7-13(12)23-2/h5-8H,4H2,1-3H3,(H2,17,18,25). The van der Waals surface area contributed by atoms with E-state index in [1.54, 1.807) is 6.07 Å². The zero-order valence-corrected chi connectivity index (χ0v) is 16.0. The Kier molecular flexibility index (Phi) is 6.47. The van der Waals surface area contributed by atoms with Crippen molar-refractivity contribution < 1.29 is 19.2 Å². The molecule has 0 fully saturated rings. The van der Waals surface area contributed by atoms with Crippen LogP contribution in [0.4, 0.5) is 16.4 Å². The molecule has 2 aromatic rings. The summed E-state index contributed by atoms with van der Waals surface area (Å²) >= 11 is 6.68. The maximum Gasteiger partial charge on any atom is 0.340 e. The van der Waals surface area contributed by atoms with Crippen LogP contribution in [0.1, 0.15) is 22.2 Å². The Morgan fingerprint density at radius 1 is 1.31 bits per heavy atom. The first-order valence-electron chi connectivity index (χ1n) is 7.51. The Morgan fingerprint density at radius 2 is 2.04 bits per heavy atom. The molecule has 0 aliphatic heterocycles. The molecule has 8 nitrogen and oxygen atoms in total. The SMILES string of the molecule is CCc1cc(C(=O)OC)c(NC(=S)Nc2ccc([N+](=O)[O-])cc2OC)s1. The largest absolute Gasteiger partial charge is 0.494 e. The maximum absolute atomic E-state index is 11.9. The van der Waals surface area contributed by atoms with E-state index in [9.17, 15) is 14.9 Å². The van der Waals surface area contributed by atoms with Crippen LogP contribution >= 0.6 is 23.6 Å². The van der Waals surface area contributed by atoms with E-state index in [0.29, 0.717) is 16.3 Å². The maximum atomic E-state index is 11.9. The Morgan fingerprint density at radius 3 is 2.62 bits per heavy atom. The summed E-state index contributed by atoms with van der Waals surface area (Å²) < 4.78 is 9.95. The summed E-state index contributed by atoms with van der Waals surface area (Å²) in [7, 11) is 2.72. The van der Waals surface area contributed by atoms with Crippen LogP contribution in [0.15, 0.2) is 24.3 Å². The van der Waals surface area contributed by atoms with Crippen LogP contribution in [0.2, 0.25) is 0 Å². The van der Waals surface area contributed by atoms with E-state index in [2.05, 4.69) is 10.6 Å². The van der Waals surface area contributed by atoms with Gasteiger partial charge in [0.15, 0.2) is 5.11 Å². The number of esters is 1. The Bertz CT molecular complexity index is 850. The summed E-state index contributed by atoms with van der Waals surface area (Å²) in [5.74, 6) is -0.184. The number of non-ortho nitro benzene ring substituents is 1. The highest BCUT2D eigenvalue weighted by Crippen LogP contribution is 2.31. The first-order chi connectivity index (χ1) is 12.4. The minimum absolute atomic E-state index is 0.0925. The van der Waals surface area contributed by atoms with Gasteiger partial charge in [-0.05, 0) is 30.8 Å². The highest BCUT2D eigenvalue weighted by Gasteiger charge is 2.18. The number of nitrogens with zero attached hydrogens (tertiary/aromatic N) is 1. The third-order valence-electron chi connectivity index (χ3n) is 3.41. The van der Waals surface area contributed by atoms with Gasteiger partial charge in [0, 0.05) is 10.9 Å². The summed E-state index contributed by atoms with van der Waals surface area (Å²) in [5, 5.41) is 17.5. The number of thiophene rings is 1. The number of hydrogen-bond acceptors (Lipinski definition) is 7. The number of carbonyl (C=O) groups is 1. The lowest BCUT2D eigenvalue weighted by Crippen LogP contribution is -2.20. The van der Waals surface area contributed by atoms with E-state index in [-0.39, 0.29) is 16.5 Å². The van der Waals surface area contributed by atoms with E-state index in [0.717, 1.165) is 11.3 Å². The minimum atomic E-state index is -0.510. The average molecular weight is 395 g/mol. The molecule has 2 rings (SSSR count). The number of nitro groups is 1. The minimum Gasteiger partial charge on any atom is -0.494 e. The monoisotopic (exact) mass is 395 g/mol. The van der Waals surface area contributed by atoms with Crippen molar-refractivity contribution in [3.05, 3.63) is 44.8 Å². The lowest BCUT2D eigenvalue weighted by atomic mass is 10.2. The number of benzene rings is 1. The van der Waals surface area contributed by atoms with Crippen molar-refractivity contribution in [1.82, 2.24) is 0 Å². The van der Waals surface area contributed by atoms with Crippen molar-refractivity contribution >= 4 is 51.0 Å². The zero-order chi connectivity index (χ0) is 19.3. The van der Waals surface area contributed by atoms with Gasteiger partial charge in [0.1, 0.15) is 10.8 Å². The molecule has 10 heteroatoms. The number of rotatable bonds is 6. The molecule has 1 heterocycles. The van der Waals surface area contributed by atoms with Gasteiger partial charge < -0.3 is 20.1 Å². The molecule has 0 bridgehead atoms. The van der Waals surface area contributed by atoms with Gasteiger partial charge in [0.05, 0.1) is 36.5 Å². The van der Waals surface area contributed by atoms with E-state index in [1.807, 2.05) is 6.92 Å². The Labute approximate surface area is 159 Å². The Balaban J connectivity index is 2.20. The summed E-state index contributed by atoms with van der Waals surface area (Å²) in [5.41, 5.74) is 0.766. The van der Waals surface area contributed by atoms with Gasteiger partial charge >= 0.3 is 5.97 Å².